The zero-order chi connectivity index (χ0) is 29.3. The standard InChI is InChI=1S/C16H6F15N6.Mn/c17-11(18,14(23,24)25)7-1-4-35(32-7)10(36-5-2-8(33-36)12(19,20)15(26,27)28)37-6-3-9(34-37)13(21,22)16(29,30)31;/h1-6H;. The summed E-state index contributed by atoms with van der Waals surface area (Å²) >= 11 is 2.52. The van der Waals surface area contributed by atoms with E-state index in [2.05, 4.69) is 31.3 Å². The Balaban J connectivity index is 2.26. The van der Waals surface area contributed by atoms with Gasteiger partial charge < -0.3 is 0 Å². The number of hydrogen-bond acceptors (Lipinski definition) is 3. The van der Waals surface area contributed by atoms with Gasteiger partial charge in [0, 0.05) is 0 Å². The third-order valence-electron chi connectivity index (χ3n) is 4.67. The van der Waals surface area contributed by atoms with Crippen molar-refractivity contribution in [2.24, 2.45) is 0 Å². The molecule has 3 aromatic heterocycles. The van der Waals surface area contributed by atoms with Crippen LogP contribution >= 0.6 is 0 Å². The Hall–Kier alpha value is -2.90. The van der Waals surface area contributed by atoms with Crippen LogP contribution in [0.4, 0.5) is 65.9 Å². The SMILES string of the molecule is FC(F)(F)C(F)(F)c1ccn([C]([Mn])(n2ccc(C(F)(F)C(F)(F)F)n2)n2ccc(C(F)(F)C(F)(F)F)n2)n1. The van der Waals surface area contributed by atoms with E-state index in [-0.39, 0.29) is 50.8 Å². The fourth-order valence-electron chi connectivity index (χ4n) is 2.70. The third kappa shape index (κ3) is 4.50. The van der Waals surface area contributed by atoms with Crippen LogP contribution in [0.3, 0.4) is 0 Å². The minimum atomic E-state index is -6.25. The summed E-state index contributed by atoms with van der Waals surface area (Å²) in [6, 6.07) is -0.0210. The Morgan fingerprint density at radius 3 is 0.842 bits per heavy atom. The molecule has 0 aromatic carbocycles. The van der Waals surface area contributed by atoms with Crippen LogP contribution < -0.4 is 0 Å². The van der Waals surface area contributed by atoms with E-state index in [9.17, 15) is 65.9 Å². The number of rotatable bonds is 6. The van der Waals surface area contributed by atoms with Crippen molar-refractivity contribution in [1.82, 2.24) is 29.3 Å². The van der Waals surface area contributed by atoms with Crippen LogP contribution in [0.1, 0.15) is 17.1 Å². The number of hydrogen-bond donors (Lipinski definition) is 0. The van der Waals surface area contributed by atoms with Crippen LogP contribution in [0.2, 0.25) is 0 Å². The summed E-state index contributed by atoms with van der Waals surface area (Å²) in [6.45, 7) is 0. The summed E-state index contributed by atoms with van der Waals surface area (Å²) in [5.74, 6) is -17.0. The summed E-state index contributed by atoms with van der Waals surface area (Å²) in [6.07, 6.45) is -18.0. The fraction of sp³-hybridized carbons (Fsp3) is 0.438. The molecule has 3 heterocycles. The zero-order valence-electron chi connectivity index (χ0n) is 17.2. The van der Waals surface area contributed by atoms with Crippen molar-refractivity contribution in [2.45, 2.75) is 41.0 Å². The van der Waals surface area contributed by atoms with Gasteiger partial charge in [-0.15, -0.1) is 0 Å². The van der Waals surface area contributed by atoms with Gasteiger partial charge in [0.1, 0.15) is 0 Å². The van der Waals surface area contributed by atoms with Crippen LogP contribution in [0, 0.1) is 0 Å². The van der Waals surface area contributed by atoms with E-state index in [0.717, 1.165) is 0 Å². The molecule has 0 aliphatic carbocycles. The second kappa shape index (κ2) is 8.55. The Morgan fingerprint density at radius 2 is 0.658 bits per heavy atom. The molecule has 6 nitrogen and oxygen atoms in total. The normalized spacial score (nSPS) is 14.8. The number of alkyl halides is 15. The Labute approximate surface area is 206 Å². The summed E-state index contributed by atoms with van der Waals surface area (Å²) in [5.41, 5.74) is -6.26. The second-order valence-corrected chi connectivity index (χ2v) is 8.00. The van der Waals surface area contributed by atoms with Crippen molar-refractivity contribution in [3.05, 3.63) is 53.9 Å². The molecule has 3 rings (SSSR count). The van der Waals surface area contributed by atoms with E-state index in [1.54, 1.807) is 0 Å². The first kappa shape index (κ1) is 29.7. The Kier molecular flexibility index (Phi) is 6.67. The second-order valence-electron chi connectivity index (χ2n) is 7.21. The molecule has 0 aliphatic rings. The molecule has 0 unspecified atom stereocenters. The molecule has 0 atom stereocenters. The van der Waals surface area contributed by atoms with E-state index in [0.29, 0.717) is 0 Å². The van der Waals surface area contributed by atoms with Gasteiger partial charge in [0.2, 0.25) is 0 Å². The zero-order valence-corrected chi connectivity index (χ0v) is 18.4. The van der Waals surface area contributed by atoms with Gasteiger partial charge in [-0.05, 0) is 0 Å². The molecular weight excluding hydrogens is 616 g/mol. The number of nitrogens with zero attached hydrogens (tertiary/aromatic N) is 6. The molecule has 0 saturated carbocycles. The molecule has 0 spiro atoms. The monoisotopic (exact) mass is 622 g/mol. The van der Waals surface area contributed by atoms with Crippen LogP contribution in [0.15, 0.2) is 36.8 Å². The number of aromatic nitrogens is 6. The van der Waals surface area contributed by atoms with Crippen molar-refractivity contribution < 1.29 is 81.9 Å². The molecule has 38 heavy (non-hydrogen) atoms. The first-order valence-electron chi connectivity index (χ1n) is 9.11. The van der Waals surface area contributed by atoms with E-state index < -0.39 is 58.1 Å². The molecule has 22 heteroatoms. The topological polar surface area (TPSA) is 53.5 Å². The molecule has 0 radical (unpaired) electrons. The maximum absolute atomic E-state index is 13.7. The van der Waals surface area contributed by atoms with Gasteiger partial charge in [-0.1, -0.05) is 0 Å². The van der Waals surface area contributed by atoms with E-state index in [4.69, 9.17) is 0 Å². The molecule has 3 aromatic rings. The summed E-state index contributed by atoms with van der Waals surface area (Å²) in [7, 11) is 0. The van der Waals surface area contributed by atoms with E-state index in [1.165, 1.54) is 0 Å². The first-order chi connectivity index (χ1) is 16.9. The summed E-state index contributed by atoms with van der Waals surface area (Å²) < 4.78 is 194. The van der Waals surface area contributed by atoms with Crippen molar-refractivity contribution >= 4 is 0 Å². The van der Waals surface area contributed by atoms with E-state index >= 15 is 0 Å². The molecule has 0 fully saturated rings. The molecule has 0 bridgehead atoms. The van der Waals surface area contributed by atoms with E-state index in [1.807, 2.05) is 0 Å². The molecular formula is C16H6F15MnN6. The van der Waals surface area contributed by atoms with Gasteiger partial charge in [0.25, 0.3) is 0 Å². The maximum atomic E-state index is 13.7. The van der Waals surface area contributed by atoms with Gasteiger partial charge in [-0.3, -0.25) is 0 Å². The average Bonchev–Trinajstić information content (AvgIpc) is 3.52. The van der Waals surface area contributed by atoms with Crippen LogP contribution in [-0.4, -0.2) is 47.9 Å². The van der Waals surface area contributed by atoms with Gasteiger partial charge in [0.15, 0.2) is 0 Å². The predicted molar refractivity (Wildman–Crippen MR) is 85.3 cm³/mol. The van der Waals surface area contributed by atoms with Gasteiger partial charge >= 0.3 is 206 Å². The molecule has 212 valence electrons. The van der Waals surface area contributed by atoms with Crippen molar-refractivity contribution in [2.75, 3.05) is 0 Å². The summed E-state index contributed by atoms with van der Waals surface area (Å²) in [5, 5.41) is 8.62. The Bertz CT molecular complexity index is 1140. The first-order valence-corrected chi connectivity index (χ1v) is 9.70. The van der Waals surface area contributed by atoms with Gasteiger partial charge in [-0.25, -0.2) is 0 Å². The van der Waals surface area contributed by atoms with Gasteiger partial charge in [0.05, 0.1) is 0 Å². The Morgan fingerprint density at radius 1 is 0.447 bits per heavy atom. The molecule has 0 aliphatic heterocycles. The van der Waals surface area contributed by atoms with Gasteiger partial charge in [-0.2, -0.15) is 0 Å². The van der Waals surface area contributed by atoms with Crippen LogP contribution in [0.25, 0.3) is 0 Å². The van der Waals surface area contributed by atoms with Crippen LogP contribution in [-0.2, 0) is 38.5 Å². The third-order valence-corrected chi connectivity index (χ3v) is 5.49. The van der Waals surface area contributed by atoms with Crippen molar-refractivity contribution in [1.29, 1.82) is 0 Å². The van der Waals surface area contributed by atoms with Crippen LogP contribution in [0.5, 0.6) is 0 Å². The number of halogens is 15. The molecule has 0 N–H and O–H groups in total. The average molecular weight is 622 g/mol. The minimum absolute atomic E-state index is 0.00698. The van der Waals surface area contributed by atoms with Crippen molar-refractivity contribution in [3.63, 3.8) is 0 Å². The molecule has 0 amide bonds. The fourth-order valence-corrected chi connectivity index (χ4v) is 3.14. The molecule has 0 saturated heterocycles. The van der Waals surface area contributed by atoms with Crippen molar-refractivity contribution in [3.8, 4) is 0 Å². The summed E-state index contributed by atoms with van der Waals surface area (Å²) in [4.78, 5) is 0. The quantitative estimate of drug-likeness (QED) is 0.272. The predicted octanol–water partition coefficient (Wildman–Crippen LogP) is 5.45.